The van der Waals surface area contributed by atoms with Crippen molar-refractivity contribution in [1.82, 2.24) is 30.0 Å². The van der Waals surface area contributed by atoms with Gasteiger partial charge in [-0.15, -0.1) is 0 Å². The molecule has 0 atom stereocenters. The minimum Gasteiger partial charge on any atom is -0.340 e. The zero-order chi connectivity index (χ0) is 22.8. The van der Waals surface area contributed by atoms with E-state index in [1.807, 2.05) is 35.2 Å². The van der Waals surface area contributed by atoms with E-state index < -0.39 is 0 Å². The SMILES string of the molecule is CN1CCN(C(=O)Cc2ccc(Nc3ncc(Br)c(Nc4cc(C5CC5)n[nH]4)n3)cc2)CC1. The second-order valence-corrected chi connectivity index (χ2v) is 9.53. The molecule has 1 aliphatic carbocycles. The highest BCUT2D eigenvalue weighted by Crippen LogP contribution is 2.39. The maximum atomic E-state index is 12.6. The van der Waals surface area contributed by atoms with Gasteiger partial charge in [0.05, 0.1) is 16.6 Å². The summed E-state index contributed by atoms with van der Waals surface area (Å²) in [7, 11) is 2.09. The first-order valence-corrected chi connectivity index (χ1v) is 12.0. The molecule has 2 aromatic heterocycles. The lowest BCUT2D eigenvalue weighted by Gasteiger charge is -2.32. The standard InChI is InChI=1S/C23H27BrN8O/c1-31-8-10-32(11-9-31)21(33)12-15-2-6-17(7-3-15)26-23-25-14-18(24)22(28-23)27-20-13-19(29-30-20)16-4-5-16/h2-3,6-7,13-14,16H,4-5,8-12H2,1H3,(H3,25,26,27,28,29,30). The van der Waals surface area contributed by atoms with Crippen molar-refractivity contribution < 1.29 is 4.79 Å². The van der Waals surface area contributed by atoms with Crippen molar-refractivity contribution in [2.75, 3.05) is 43.9 Å². The molecule has 0 bridgehead atoms. The molecule has 1 amide bonds. The first-order valence-electron chi connectivity index (χ1n) is 11.2. The number of carbonyl (C=O) groups excluding carboxylic acids is 1. The molecule has 1 saturated carbocycles. The van der Waals surface area contributed by atoms with E-state index in [-0.39, 0.29) is 5.91 Å². The highest BCUT2D eigenvalue weighted by molar-refractivity contribution is 9.10. The third kappa shape index (κ3) is 5.51. The van der Waals surface area contributed by atoms with Gasteiger partial charge in [0.2, 0.25) is 11.9 Å². The van der Waals surface area contributed by atoms with Gasteiger partial charge >= 0.3 is 0 Å². The van der Waals surface area contributed by atoms with Crippen LogP contribution in [0.2, 0.25) is 0 Å². The summed E-state index contributed by atoms with van der Waals surface area (Å²) in [5, 5.41) is 13.9. The second-order valence-electron chi connectivity index (χ2n) is 8.68. The average molecular weight is 511 g/mol. The Kier molecular flexibility index (Phi) is 6.28. The molecule has 0 unspecified atom stereocenters. The maximum absolute atomic E-state index is 12.6. The van der Waals surface area contributed by atoms with Crippen LogP contribution in [0.3, 0.4) is 0 Å². The van der Waals surface area contributed by atoms with Gasteiger partial charge < -0.3 is 20.4 Å². The van der Waals surface area contributed by atoms with Crippen molar-refractivity contribution in [3.05, 3.63) is 52.3 Å². The Morgan fingerprint density at radius 1 is 1.15 bits per heavy atom. The normalized spacial score (nSPS) is 16.6. The van der Waals surface area contributed by atoms with Crippen LogP contribution in [-0.4, -0.2) is 69.1 Å². The van der Waals surface area contributed by atoms with E-state index in [9.17, 15) is 4.79 Å². The fraction of sp³-hybridized carbons (Fsp3) is 0.391. The molecular weight excluding hydrogens is 484 g/mol. The minimum absolute atomic E-state index is 0.180. The predicted molar refractivity (Wildman–Crippen MR) is 131 cm³/mol. The molecule has 3 aromatic rings. The van der Waals surface area contributed by atoms with Crippen LogP contribution in [0, 0.1) is 0 Å². The number of nitrogens with zero attached hydrogens (tertiary/aromatic N) is 5. The first kappa shape index (κ1) is 21.8. The smallest absolute Gasteiger partial charge is 0.229 e. The number of H-pyrrole nitrogens is 1. The number of nitrogens with one attached hydrogen (secondary N) is 3. The highest BCUT2D eigenvalue weighted by atomic mass is 79.9. The number of halogens is 1. The van der Waals surface area contributed by atoms with Crippen molar-refractivity contribution in [2.45, 2.75) is 25.2 Å². The van der Waals surface area contributed by atoms with Gasteiger partial charge in [0.15, 0.2) is 5.82 Å². The number of aromatic nitrogens is 4. The summed E-state index contributed by atoms with van der Waals surface area (Å²) in [5.41, 5.74) is 2.94. The number of hydrogen-bond donors (Lipinski definition) is 3. The molecule has 5 rings (SSSR count). The summed E-state index contributed by atoms with van der Waals surface area (Å²) in [4.78, 5) is 25.7. The molecule has 172 valence electrons. The topological polar surface area (TPSA) is 102 Å². The number of anilines is 4. The summed E-state index contributed by atoms with van der Waals surface area (Å²) in [5.74, 6) is 2.69. The van der Waals surface area contributed by atoms with E-state index in [1.165, 1.54) is 12.8 Å². The van der Waals surface area contributed by atoms with Crippen molar-refractivity contribution >= 4 is 45.1 Å². The third-order valence-electron chi connectivity index (χ3n) is 6.01. The first-order chi connectivity index (χ1) is 16.0. The maximum Gasteiger partial charge on any atom is 0.229 e. The second kappa shape index (κ2) is 9.48. The van der Waals surface area contributed by atoms with Crippen LogP contribution < -0.4 is 10.6 Å². The van der Waals surface area contributed by atoms with Gasteiger partial charge in [0.25, 0.3) is 0 Å². The van der Waals surface area contributed by atoms with E-state index in [1.54, 1.807) is 6.20 Å². The number of aromatic amines is 1. The zero-order valence-corrected chi connectivity index (χ0v) is 20.1. The van der Waals surface area contributed by atoms with E-state index in [0.29, 0.717) is 24.1 Å². The quantitative estimate of drug-likeness (QED) is 0.445. The molecule has 3 N–H and O–H groups in total. The Hall–Kier alpha value is -2.98. The monoisotopic (exact) mass is 510 g/mol. The van der Waals surface area contributed by atoms with Crippen molar-refractivity contribution in [1.29, 1.82) is 0 Å². The number of carbonyl (C=O) groups is 1. The summed E-state index contributed by atoms with van der Waals surface area (Å²) >= 11 is 3.50. The Balaban J connectivity index is 1.20. The van der Waals surface area contributed by atoms with Gasteiger partial charge in [-0.1, -0.05) is 12.1 Å². The highest BCUT2D eigenvalue weighted by Gasteiger charge is 2.26. The van der Waals surface area contributed by atoms with E-state index >= 15 is 0 Å². The number of benzene rings is 1. The fourth-order valence-electron chi connectivity index (χ4n) is 3.81. The van der Waals surface area contributed by atoms with Crippen LogP contribution >= 0.6 is 15.9 Å². The summed E-state index contributed by atoms with van der Waals surface area (Å²) in [6.45, 7) is 3.46. The third-order valence-corrected chi connectivity index (χ3v) is 6.59. The molecule has 0 spiro atoms. The molecule has 2 aliphatic rings. The molecule has 0 radical (unpaired) electrons. The number of amides is 1. The van der Waals surface area contributed by atoms with Gasteiger partial charge in [0, 0.05) is 50.0 Å². The Morgan fingerprint density at radius 3 is 2.64 bits per heavy atom. The van der Waals surface area contributed by atoms with Crippen LogP contribution in [0.5, 0.6) is 0 Å². The van der Waals surface area contributed by atoms with Crippen LogP contribution in [0.15, 0.2) is 41.0 Å². The van der Waals surface area contributed by atoms with E-state index in [2.05, 4.69) is 58.7 Å². The van der Waals surface area contributed by atoms with Crippen molar-refractivity contribution in [3.8, 4) is 0 Å². The number of likely N-dealkylation sites (N-methyl/N-ethyl adjacent to an activating group) is 1. The summed E-state index contributed by atoms with van der Waals surface area (Å²) in [6.07, 6.45) is 4.54. The summed E-state index contributed by atoms with van der Waals surface area (Å²) < 4.78 is 0.758. The molecule has 33 heavy (non-hydrogen) atoms. The largest absolute Gasteiger partial charge is 0.340 e. The Labute approximate surface area is 201 Å². The molecule has 1 saturated heterocycles. The lowest BCUT2D eigenvalue weighted by Crippen LogP contribution is -2.47. The molecule has 2 fully saturated rings. The zero-order valence-electron chi connectivity index (χ0n) is 18.5. The molecule has 9 nitrogen and oxygen atoms in total. The van der Waals surface area contributed by atoms with Gasteiger partial charge in [-0.2, -0.15) is 10.1 Å². The van der Waals surface area contributed by atoms with Crippen LogP contribution in [0.4, 0.5) is 23.3 Å². The number of rotatable bonds is 7. The van der Waals surface area contributed by atoms with Crippen molar-refractivity contribution in [2.24, 2.45) is 0 Å². The lowest BCUT2D eigenvalue weighted by molar-refractivity contribution is -0.132. The molecule has 10 heteroatoms. The van der Waals surface area contributed by atoms with Gasteiger partial charge in [0.1, 0.15) is 5.82 Å². The van der Waals surface area contributed by atoms with Gasteiger partial charge in [-0.05, 0) is 53.5 Å². The van der Waals surface area contributed by atoms with Crippen LogP contribution in [-0.2, 0) is 11.2 Å². The Morgan fingerprint density at radius 2 is 1.91 bits per heavy atom. The molecule has 1 aliphatic heterocycles. The van der Waals surface area contributed by atoms with Gasteiger partial charge in [-0.3, -0.25) is 9.89 Å². The lowest BCUT2D eigenvalue weighted by atomic mass is 10.1. The number of piperazine rings is 1. The molecular formula is C23H27BrN8O. The molecule has 1 aromatic carbocycles. The summed E-state index contributed by atoms with van der Waals surface area (Å²) in [6, 6.07) is 9.86. The van der Waals surface area contributed by atoms with Crippen molar-refractivity contribution in [3.63, 3.8) is 0 Å². The van der Waals surface area contributed by atoms with Crippen LogP contribution in [0.25, 0.3) is 0 Å². The minimum atomic E-state index is 0.180. The van der Waals surface area contributed by atoms with Crippen LogP contribution in [0.1, 0.15) is 30.0 Å². The number of hydrogen-bond acceptors (Lipinski definition) is 7. The van der Waals surface area contributed by atoms with E-state index in [4.69, 9.17) is 0 Å². The Bertz CT molecular complexity index is 1120. The van der Waals surface area contributed by atoms with Gasteiger partial charge in [-0.25, -0.2) is 4.98 Å². The predicted octanol–water partition coefficient (Wildman–Crippen LogP) is 3.64. The van der Waals surface area contributed by atoms with E-state index in [0.717, 1.165) is 53.4 Å². The average Bonchev–Trinajstić information content (AvgIpc) is 3.56. The molecule has 3 heterocycles. The fourth-order valence-corrected chi connectivity index (χ4v) is 4.10.